The number of likely N-dealkylation sites (N-methyl/N-ethyl adjacent to an activating group) is 1. The van der Waals surface area contributed by atoms with Crippen LogP contribution in [0.3, 0.4) is 0 Å². The van der Waals surface area contributed by atoms with E-state index in [1.807, 2.05) is 0 Å². The van der Waals surface area contributed by atoms with Crippen molar-refractivity contribution in [1.82, 2.24) is 4.31 Å². The molecule has 7 nitrogen and oxygen atoms in total. The van der Waals surface area contributed by atoms with E-state index in [9.17, 15) is 18.3 Å². The minimum atomic E-state index is -4.07. The highest BCUT2D eigenvalue weighted by atomic mass is 32.2. The minimum absolute atomic E-state index is 0.0974. The molecule has 0 bridgehead atoms. The summed E-state index contributed by atoms with van der Waals surface area (Å²) in [4.78, 5) is 10.8. The molecule has 8 heteroatoms. The molecule has 118 valence electrons. The Labute approximate surface area is 124 Å². The number of sulfonamides is 1. The zero-order valence-corrected chi connectivity index (χ0v) is 13.0. The summed E-state index contributed by atoms with van der Waals surface area (Å²) in [5.74, 6) is -1.35. The van der Waals surface area contributed by atoms with Crippen LogP contribution >= 0.6 is 0 Å². The lowest BCUT2D eigenvalue weighted by Crippen LogP contribution is -2.42. The Bertz CT molecular complexity index is 634. The molecule has 0 amide bonds. The predicted molar refractivity (Wildman–Crippen MR) is 78.5 cm³/mol. The van der Waals surface area contributed by atoms with E-state index in [0.29, 0.717) is 0 Å². The van der Waals surface area contributed by atoms with Crippen LogP contribution in [-0.4, -0.2) is 47.6 Å². The van der Waals surface area contributed by atoms with Crippen LogP contribution in [-0.2, 0) is 10.0 Å². The molecule has 4 N–H and O–H groups in total. The first kappa shape index (κ1) is 17.4. The summed E-state index contributed by atoms with van der Waals surface area (Å²) < 4.78 is 26.3. The number of benzene rings is 1. The van der Waals surface area contributed by atoms with Gasteiger partial charge in [-0.3, -0.25) is 0 Å². The quantitative estimate of drug-likeness (QED) is 0.666. The fourth-order valence-electron chi connectivity index (χ4n) is 1.87. The fourth-order valence-corrected chi connectivity index (χ4v) is 3.69. The van der Waals surface area contributed by atoms with Crippen molar-refractivity contribution in [2.24, 2.45) is 0 Å². The first-order chi connectivity index (χ1) is 9.49. The zero-order valence-electron chi connectivity index (χ0n) is 12.2. The number of aliphatic hydroxyl groups is 1. The molecule has 0 saturated heterocycles. The van der Waals surface area contributed by atoms with Crippen molar-refractivity contribution in [2.75, 3.05) is 18.8 Å². The fraction of sp³-hybridized carbons (Fsp3) is 0.462. The molecule has 1 rings (SSSR count). The summed E-state index contributed by atoms with van der Waals surface area (Å²) in [5.41, 5.74) is 4.13. The predicted octanol–water partition coefficient (Wildman–Crippen LogP) is 0.749. The van der Waals surface area contributed by atoms with Gasteiger partial charge in [0, 0.05) is 18.8 Å². The maximum absolute atomic E-state index is 12.6. The topological polar surface area (TPSA) is 121 Å². The number of anilines is 1. The lowest BCUT2D eigenvalue weighted by atomic mass is 10.1. The van der Waals surface area contributed by atoms with E-state index in [-0.39, 0.29) is 29.2 Å². The van der Waals surface area contributed by atoms with Gasteiger partial charge in [-0.2, -0.15) is 4.31 Å². The average Bonchev–Trinajstić information content (AvgIpc) is 2.34. The number of carboxylic acid groups (broad SMARTS) is 1. The summed E-state index contributed by atoms with van der Waals surface area (Å²) in [6.07, 6.45) is 0. The number of carboxylic acids is 1. The van der Waals surface area contributed by atoms with Crippen molar-refractivity contribution in [3.05, 3.63) is 23.8 Å². The minimum Gasteiger partial charge on any atom is -0.478 e. The van der Waals surface area contributed by atoms with Crippen LogP contribution in [0, 0.1) is 0 Å². The summed E-state index contributed by atoms with van der Waals surface area (Å²) >= 11 is 0. The molecule has 0 fully saturated rings. The number of hydrogen-bond donors (Lipinski definition) is 3. The maximum atomic E-state index is 12.6. The monoisotopic (exact) mass is 316 g/mol. The number of nitrogen functional groups attached to an aromatic ring is 1. The van der Waals surface area contributed by atoms with Crippen molar-refractivity contribution < 1.29 is 23.4 Å². The van der Waals surface area contributed by atoms with Gasteiger partial charge >= 0.3 is 5.97 Å². The number of nitrogens with zero attached hydrogens (tertiary/aromatic N) is 1. The standard InChI is InChI=1S/C13H20N2O5S/c1-4-15(8-13(2,3)18)21(19,20)11-7-9(14)5-6-10(11)12(16)17/h5-7,18H,4,8,14H2,1-3H3,(H,16,17). The Hall–Kier alpha value is -1.64. The summed E-state index contributed by atoms with van der Waals surface area (Å²) in [7, 11) is -4.07. The molecule has 0 saturated carbocycles. The largest absolute Gasteiger partial charge is 0.478 e. The van der Waals surface area contributed by atoms with Crippen LogP contribution < -0.4 is 5.73 Å². The Morgan fingerprint density at radius 1 is 1.38 bits per heavy atom. The molecule has 0 unspecified atom stereocenters. The van der Waals surface area contributed by atoms with Gasteiger partial charge in [0.15, 0.2) is 0 Å². The van der Waals surface area contributed by atoms with Crippen molar-refractivity contribution in [3.8, 4) is 0 Å². The zero-order chi connectivity index (χ0) is 16.4. The van der Waals surface area contributed by atoms with Gasteiger partial charge in [0.25, 0.3) is 0 Å². The highest BCUT2D eigenvalue weighted by Crippen LogP contribution is 2.24. The number of carbonyl (C=O) groups is 1. The van der Waals surface area contributed by atoms with Gasteiger partial charge in [0.2, 0.25) is 10.0 Å². The second kappa shape index (κ2) is 6.00. The van der Waals surface area contributed by atoms with Gasteiger partial charge in [-0.15, -0.1) is 0 Å². The second-order valence-electron chi connectivity index (χ2n) is 5.30. The normalized spacial score (nSPS) is 12.6. The molecule has 1 aromatic rings. The number of rotatable bonds is 6. The van der Waals surface area contributed by atoms with Crippen LogP contribution in [0.1, 0.15) is 31.1 Å². The number of hydrogen-bond acceptors (Lipinski definition) is 5. The Balaban J connectivity index is 3.42. The van der Waals surface area contributed by atoms with E-state index in [1.165, 1.54) is 19.9 Å². The van der Waals surface area contributed by atoms with Gasteiger partial charge in [0.1, 0.15) is 0 Å². The Morgan fingerprint density at radius 2 is 1.95 bits per heavy atom. The first-order valence-electron chi connectivity index (χ1n) is 6.34. The van der Waals surface area contributed by atoms with Crippen LogP contribution in [0.2, 0.25) is 0 Å². The van der Waals surface area contributed by atoms with Crippen molar-refractivity contribution in [1.29, 1.82) is 0 Å². The molecule has 21 heavy (non-hydrogen) atoms. The van der Waals surface area contributed by atoms with E-state index < -0.39 is 21.6 Å². The van der Waals surface area contributed by atoms with Crippen molar-refractivity contribution in [2.45, 2.75) is 31.3 Å². The van der Waals surface area contributed by atoms with Crippen LogP contribution in [0.25, 0.3) is 0 Å². The average molecular weight is 316 g/mol. The molecule has 0 aliphatic heterocycles. The summed E-state index contributed by atoms with van der Waals surface area (Å²) in [5, 5.41) is 18.9. The van der Waals surface area contributed by atoms with Crippen molar-refractivity contribution in [3.63, 3.8) is 0 Å². The van der Waals surface area contributed by atoms with E-state index in [1.54, 1.807) is 6.92 Å². The van der Waals surface area contributed by atoms with E-state index in [0.717, 1.165) is 16.4 Å². The maximum Gasteiger partial charge on any atom is 0.337 e. The molecular formula is C13H20N2O5S. The van der Waals surface area contributed by atoms with Crippen LogP contribution in [0.4, 0.5) is 5.69 Å². The van der Waals surface area contributed by atoms with Gasteiger partial charge in [0.05, 0.1) is 16.1 Å². The third-order valence-electron chi connectivity index (χ3n) is 2.77. The first-order valence-corrected chi connectivity index (χ1v) is 7.78. The van der Waals surface area contributed by atoms with Gasteiger partial charge < -0.3 is 15.9 Å². The second-order valence-corrected chi connectivity index (χ2v) is 7.21. The Kier molecular flexibility index (Phi) is 4.98. The third kappa shape index (κ3) is 4.16. The van der Waals surface area contributed by atoms with Gasteiger partial charge in [-0.25, -0.2) is 13.2 Å². The van der Waals surface area contributed by atoms with Crippen molar-refractivity contribution >= 4 is 21.7 Å². The number of aromatic carboxylic acids is 1. The Morgan fingerprint density at radius 3 is 2.38 bits per heavy atom. The van der Waals surface area contributed by atoms with E-state index >= 15 is 0 Å². The molecule has 0 aliphatic carbocycles. The lowest BCUT2D eigenvalue weighted by molar-refractivity contribution is 0.0601. The molecule has 0 radical (unpaired) electrons. The highest BCUT2D eigenvalue weighted by molar-refractivity contribution is 7.89. The number of nitrogens with two attached hydrogens (primary N) is 1. The van der Waals surface area contributed by atoms with E-state index in [2.05, 4.69) is 0 Å². The summed E-state index contributed by atoms with van der Waals surface area (Å²) in [6, 6.07) is 3.60. The lowest BCUT2D eigenvalue weighted by Gasteiger charge is -2.27. The molecule has 0 aliphatic rings. The molecule has 1 aromatic carbocycles. The highest BCUT2D eigenvalue weighted by Gasteiger charge is 2.31. The molecule has 0 spiro atoms. The van der Waals surface area contributed by atoms with Crippen LogP contribution in [0.5, 0.6) is 0 Å². The molecule has 0 atom stereocenters. The van der Waals surface area contributed by atoms with E-state index in [4.69, 9.17) is 10.8 Å². The smallest absolute Gasteiger partial charge is 0.337 e. The van der Waals surface area contributed by atoms with Crippen LogP contribution in [0.15, 0.2) is 23.1 Å². The molecular weight excluding hydrogens is 296 g/mol. The SMILES string of the molecule is CCN(CC(C)(C)O)S(=O)(=O)c1cc(N)ccc1C(=O)O. The van der Waals surface area contributed by atoms with Gasteiger partial charge in [-0.05, 0) is 32.0 Å². The molecule has 0 heterocycles. The third-order valence-corrected chi connectivity index (χ3v) is 4.73. The van der Waals surface area contributed by atoms with Gasteiger partial charge in [-0.1, -0.05) is 6.92 Å². The summed E-state index contributed by atoms with van der Waals surface area (Å²) in [6.45, 7) is 4.50. The molecule has 0 aromatic heterocycles.